The summed E-state index contributed by atoms with van der Waals surface area (Å²) in [5.74, 6) is 0. The smallest absolute Gasteiger partial charge is 0.140 e. The van der Waals surface area contributed by atoms with Crippen molar-refractivity contribution < 1.29 is 4.48 Å². The topological polar surface area (TPSA) is 26.0 Å². The molecule has 11 heavy (non-hydrogen) atoms. The van der Waals surface area contributed by atoms with Gasteiger partial charge in [0.2, 0.25) is 0 Å². The zero-order valence-corrected chi connectivity index (χ0v) is 8.43. The molecule has 2 heteroatoms. The Kier molecular flexibility index (Phi) is 4.69. The van der Waals surface area contributed by atoms with E-state index in [4.69, 9.17) is 5.73 Å². The Bertz CT molecular complexity index is 89.5. The van der Waals surface area contributed by atoms with Crippen molar-refractivity contribution >= 4 is 0 Å². The van der Waals surface area contributed by atoms with Crippen LogP contribution in [0, 0.1) is 0 Å². The fourth-order valence-corrected chi connectivity index (χ4v) is 1.76. The second-order valence-corrected chi connectivity index (χ2v) is 3.14. The normalized spacial score (nSPS) is 15.0. The Hall–Kier alpha value is -0.0800. The van der Waals surface area contributed by atoms with Gasteiger partial charge in [0, 0.05) is 6.42 Å². The monoisotopic (exact) mass is 159 g/mol. The molecule has 0 saturated heterocycles. The zero-order chi connectivity index (χ0) is 8.91. The van der Waals surface area contributed by atoms with Gasteiger partial charge in [0.15, 0.2) is 0 Å². The highest BCUT2D eigenvalue weighted by molar-refractivity contribution is 4.47. The lowest BCUT2D eigenvalue weighted by Crippen LogP contribution is -2.58. The number of rotatable bonds is 5. The van der Waals surface area contributed by atoms with Gasteiger partial charge >= 0.3 is 0 Å². The predicted molar refractivity (Wildman–Crippen MR) is 50.1 cm³/mol. The van der Waals surface area contributed by atoms with Crippen molar-refractivity contribution in [3.8, 4) is 0 Å². The largest absolute Gasteiger partial charge is 0.310 e. The summed E-state index contributed by atoms with van der Waals surface area (Å²) < 4.78 is 1.07. The van der Waals surface area contributed by atoms with Gasteiger partial charge in [0.25, 0.3) is 0 Å². The molecule has 0 bridgehead atoms. The third kappa shape index (κ3) is 2.17. The van der Waals surface area contributed by atoms with Gasteiger partial charge < -0.3 is 4.48 Å². The summed E-state index contributed by atoms with van der Waals surface area (Å²) in [7, 11) is 0. The molecule has 0 aliphatic heterocycles. The fourth-order valence-electron chi connectivity index (χ4n) is 1.76. The van der Waals surface area contributed by atoms with Gasteiger partial charge in [-0.25, -0.2) is 0 Å². The number of hydrogen-bond acceptors (Lipinski definition) is 1. The van der Waals surface area contributed by atoms with Crippen LogP contribution in [0.5, 0.6) is 0 Å². The van der Waals surface area contributed by atoms with Crippen molar-refractivity contribution in [3.63, 3.8) is 0 Å². The van der Waals surface area contributed by atoms with Crippen molar-refractivity contribution in [2.75, 3.05) is 19.6 Å². The van der Waals surface area contributed by atoms with E-state index in [0.717, 1.165) is 30.5 Å². The molecule has 0 aliphatic carbocycles. The SMILES string of the molecule is CCC(N)[N+](CC)(CC)CC. The molecule has 0 aliphatic rings. The third-order valence-electron chi connectivity index (χ3n) is 3.01. The maximum Gasteiger partial charge on any atom is 0.140 e. The molecule has 0 amide bonds. The van der Waals surface area contributed by atoms with Crippen LogP contribution in [0.4, 0.5) is 0 Å². The molecule has 1 atom stereocenters. The van der Waals surface area contributed by atoms with Gasteiger partial charge in [-0.15, -0.1) is 0 Å². The Morgan fingerprint density at radius 3 is 1.45 bits per heavy atom. The van der Waals surface area contributed by atoms with Crippen LogP contribution in [0.15, 0.2) is 0 Å². The molecule has 2 N–H and O–H groups in total. The van der Waals surface area contributed by atoms with Crippen molar-refractivity contribution in [1.82, 2.24) is 0 Å². The van der Waals surface area contributed by atoms with Crippen molar-refractivity contribution in [2.45, 2.75) is 40.3 Å². The van der Waals surface area contributed by atoms with E-state index >= 15 is 0 Å². The van der Waals surface area contributed by atoms with Crippen molar-refractivity contribution in [3.05, 3.63) is 0 Å². The van der Waals surface area contributed by atoms with Crippen LogP contribution in [0.1, 0.15) is 34.1 Å². The summed E-state index contributed by atoms with van der Waals surface area (Å²) in [5, 5.41) is 0. The molecule has 0 spiro atoms. The van der Waals surface area contributed by atoms with E-state index in [9.17, 15) is 0 Å². The van der Waals surface area contributed by atoms with Crippen LogP contribution >= 0.6 is 0 Å². The second kappa shape index (κ2) is 4.73. The molecule has 0 heterocycles. The van der Waals surface area contributed by atoms with Gasteiger partial charge in [0.1, 0.15) is 6.17 Å². The lowest BCUT2D eigenvalue weighted by Gasteiger charge is -2.40. The molecule has 0 radical (unpaired) electrons. The Morgan fingerprint density at radius 2 is 1.36 bits per heavy atom. The van der Waals surface area contributed by atoms with E-state index in [2.05, 4.69) is 27.7 Å². The predicted octanol–water partition coefficient (Wildman–Crippen LogP) is 1.56. The first kappa shape index (κ1) is 10.9. The van der Waals surface area contributed by atoms with E-state index < -0.39 is 0 Å². The molecule has 68 valence electrons. The van der Waals surface area contributed by atoms with Crippen molar-refractivity contribution in [1.29, 1.82) is 0 Å². The van der Waals surface area contributed by atoms with Crippen LogP contribution in [0.2, 0.25) is 0 Å². The minimum Gasteiger partial charge on any atom is -0.310 e. The lowest BCUT2D eigenvalue weighted by molar-refractivity contribution is -0.946. The molecule has 2 nitrogen and oxygen atoms in total. The highest BCUT2D eigenvalue weighted by Crippen LogP contribution is 2.11. The minimum absolute atomic E-state index is 0.329. The Balaban J connectivity index is 4.26. The Morgan fingerprint density at radius 1 is 1.00 bits per heavy atom. The molecule has 0 aromatic carbocycles. The van der Waals surface area contributed by atoms with E-state index in [1.54, 1.807) is 0 Å². The maximum atomic E-state index is 6.06. The highest BCUT2D eigenvalue weighted by Gasteiger charge is 2.27. The van der Waals surface area contributed by atoms with Crippen LogP contribution in [-0.2, 0) is 0 Å². The number of nitrogens with two attached hydrogens (primary N) is 1. The lowest BCUT2D eigenvalue weighted by atomic mass is 10.2. The number of quaternary nitrogens is 1. The summed E-state index contributed by atoms with van der Waals surface area (Å²) in [5.41, 5.74) is 6.06. The standard InChI is InChI=1S/C9H23N2/c1-5-9(10)11(6-2,7-3)8-4/h9H,5-8,10H2,1-4H3/q+1. The summed E-state index contributed by atoms with van der Waals surface area (Å²) in [6.07, 6.45) is 1.41. The molecular weight excluding hydrogens is 136 g/mol. The van der Waals surface area contributed by atoms with Gasteiger partial charge in [-0.05, 0) is 20.8 Å². The van der Waals surface area contributed by atoms with Gasteiger partial charge in [-0.3, -0.25) is 5.73 Å². The number of nitrogens with zero attached hydrogens (tertiary/aromatic N) is 1. The Labute approximate surface area is 71.0 Å². The van der Waals surface area contributed by atoms with Gasteiger partial charge in [-0.2, -0.15) is 0 Å². The van der Waals surface area contributed by atoms with E-state index in [0.29, 0.717) is 6.17 Å². The van der Waals surface area contributed by atoms with E-state index in [1.165, 1.54) is 0 Å². The number of hydrogen-bond donors (Lipinski definition) is 1. The van der Waals surface area contributed by atoms with Crippen LogP contribution in [-0.4, -0.2) is 30.3 Å². The average molecular weight is 159 g/mol. The minimum atomic E-state index is 0.329. The summed E-state index contributed by atoms with van der Waals surface area (Å²) >= 11 is 0. The third-order valence-corrected chi connectivity index (χ3v) is 3.01. The molecule has 0 fully saturated rings. The molecule has 0 aromatic rings. The maximum absolute atomic E-state index is 6.06. The molecule has 1 unspecified atom stereocenters. The molecule has 0 rings (SSSR count). The van der Waals surface area contributed by atoms with Gasteiger partial charge in [0.05, 0.1) is 19.6 Å². The summed E-state index contributed by atoms with van der Waals surface area (Å²) in [4.78, 5) is 0. The van der Waals surface area contributed by atoms with Crippen molar-refractivity contribution in [2.24, 2.45) is 5.73 Å². The highest BCUT2D eigenvalue weighted by atomic mass is 15.4. The van der Waals surface area contributed by atoms with Gasteiger partial charge in [-0.1, -0.05) is 6.92 Å². The molecule has 0 saturated carbocycles. The van der Waals surface area contributed by atoms with E-state index in [1.807, 2.05) is 0 Å². The fraction of sp³-hybridized carbons (Fsp3) is 1.00. The zero-order valence-electron chi connectivity index (χ0n) is 8.43. The van der Waals surface area contributed by atoms with Crippen LogP contribution < -0.4 is 5.73 Å². The van der Waals surface area contributed by atoms with Crippen LogP contribution in [0.25, 0.3) is 0 Å². The molecule has 0 aromatic heterocycles. The quantitative estimate of drug-likeness (QED) is 0.478. The second-order valence-electron chi connectivity index (χ2n) is 3.14. The summed E-state index contributed by atoms with van der Waals surface area (Å²) in [6, 6.07) is 0. The first-order valence-electron chi connectivity index (χ1n) is 4.78. The first-order chi connectivity index (χ1) is 5.16. The molecular formula is C9H23N2+. The first-order valence-corrected chi connectivity index (χ1v) is 4.78. The van der Waals surface area contributed by atoms with E-state index in [-0.39, 0.29) is 0 Å². The summed E-state index contributed by atoms with van der Waals surface area (Å²) in [6.45, 7) is 12.3. The average Bonchev–Trinajstić information content (AvgIpc) is 2.08. The van der Waals surface area contributed by atoms with Crippen LogP contribution in [0.3, 0.4) is 0 Å².